The zero-order valence-electron chi connectivity index (χ0n) is 10.0. The molecule has 0 radical (unpaired) electrons. The summed E-state index contributed by atoms with van der Waals surface area (Å²) in [4.78, 5) is 0. The smallest absolute Gasteiger partial charge is 0.121 e. The molecule has 3 rings (SSSR count). The standard InChI is InChI=1S/C14H19NO/c1-9-7-11(8-10(2)12(9)16)13(3-4-13)14(15)5-6-14/h7-8,16H,3-6,15H2,1-2H3. The molecule has 2 aliphatic rings. The minimum absolute atomic E-state index is 0.0584. The second-order valence-electron chi connectivity index (χ2n) is 5.70. The molecule has 0 saturated heterocycles. The summed E-state index contributed by atoms with van der Waals surface area (Å²) in [5, 5.41) is 9.80. The van der Waals surface area contributed by atoms with Gasteiger partial charge in [0.1, 0.15) is 5.75 Å². The van der Waals surface area contributed by atoms with Gasteiger partial charge in [-0.2, -0.15) is 0 Å². The SMILES string of the molecule is Cc1cc(C2(C3(N)CC3)CC2)cc(C)c1O. The predicted octanol–water partition coefficient (Wildman–Crippen LogP) is 2.53. The first kappa shape index (κ1) is 10.2. The predicted molar refractivity (Wildman–Crippen MR) is 64.6 cm³/mol. The molecular weight excluding hydrogens is 198 g/mol. The largest absolute Gasteiger partial charge is 0.507 e. The number of hydrogen-bond acceptors (Lipinski definition) is 2. The van der Waals surface area contributed by atoms with Gasteiger partial charge >= 0.3 is 0 Å². The van der Waals surface area contributed by atoms with Crippen molar-refractivity contribution in [1.82, 2.24) is 0 Å². The number of hydrogen-bond donors (Lipinski definition) is 2. The molecule has 2 heteroatoms. The van der Waals surface area contributed by atoms with Gasteiger partial charge in [0, 0.05) is 11.0 Å². The first-order valence-corrected chi connectivity index (χ1v) is 6.08. The number of rotatable bonds is 2. The molecule has 86 valence electrons. The third kappa shape index (κ3) is 1.17. The number of benzene rings is 1. The van der Waals surface area contributed by atoms with E-state index in [0.717, 1.165) is 24.0 Å². The van der Waals surface area contributed by atoms with E-state index in [1.54, 1.807) is 0 Å². The van der Waals surface area contributed by atoms with Gasteiger partial charge in [0.25, 0.3) is 0 Å². The lowest BCUT2D eigenvalue weighted by atomic mass is 9.84. The van der Waals surface area contributed by atoms with E-state index in [-0.39, 0.29) is 11.0 Å². The topological polar surface area (TPSA) is 46.2 Å². The fourth-order valence-corrected chi connectivity index (χ4v) is 3.04. The molecule has 0 heterocycles. The lowest BCUT2D eigenvalue weighted by Gasteiger charge is -2.24. The van der Waals surface area contributed by atoms with Crippen LogP contribution in [0.1, 0.15) is 42.4 Å². The molecular formula is C14H19NO. The first-order valence-electron chi connectivity index (χ1n) is 6.08. The molecule has 0 aliphatic heterocycles. The third-order valence-electron chi connectivity index (χ3n) is 4.54. The van der Waals surface area contributed by atoms with E-state index in [0.29, 0.717) is 5.75 Å². The van der Waals surface area contributed by atoms with E-state index in [4.69, 9.17) is 5.73 Å². The summed E-state index contributed by atoms with van der Waals surface area (Å²) in [6, 6.07) is 4.25. The van der Waals surface area contributed by atoms with Crippen molar-refractivity contribution >= 4 is 0 Å². The molecule has 1 aromatic rings. The van der Waals surface area contributed by atoms with Gasteiger partial charge in [0.2, 0.25) is 0 Å². The van der Waals surface area contributed by atoms with Crippen molar-refractivity contribution in [3.8, 4) is 5.75 Å². The fourth-order valence-electron chi connectivity index (χ4n) is 3.04. The van der Waals surface area contributed by atoms with Gasteiger partial charge in [-0.1, -0.05) is 12.1 Å². The van der Waals surface area contributed by atoms with Crippen LogP contribution in [-0.4, -0.2) is 10.6 Å². The summed E-state index contributed by atoms with van der Waals surface area (Å²) in [5.74, 6) is 0.432. The van der Waals surface area contributed by atoms with Crippen LogP contribution in [0.2, 0.25) is 0 Å². The highest BCUT2D eigenvalue weighted by atomic mass is 16.3. The van der Waals surface area contributed by atoms with Gasteiger partial charge in [-0.15, -0.1) is 0 Å². The van der Waals surface area contributed by atoms with Crippen LogP contribution in [0.25, 0.3) is 0 Å². The van der Waals surface area contributed by atoms with Crippen molar-refractivity contribution in [2.75, 3.05) is 0 Å². The van der Waals surface area contributed by atoms with Gasteiger partial charge < -0.3 is 10.8 Å². The Hall–Kier alpha value is -1.02. The van der Waals surface area contributed by atoms with Crippen molar-refractivity contribution in [3.05, 3.63) is 28.8 Å². The molecule has 2 nitrogen and oxygen atoms in total. The van der Waals surface area contributed by atoms with Crippen molar-refractivity contribution in [1.29, 1.82) is 0 Å². The summed E-state index contributed by atoms with van der Waals surface area (Å²) >= 11 is 0. The summed E-state index contributed by atoms with van der Waals surface area (Å²) in [5.41, 5.74) is 9.99. The Kier molecular flexibility index (Phi) is 1.78. The van der Waals surface area contributed by atoms with Gasteiger partial charge in [-0.3, -0.25) is 0 Å². The van der Waals surface area contributed by atoms with E-state index < -0.39 is 0 Å². The maximum Gasteiger partial charge on any atom is 0.121 e. The highest BCUT2D eigenvalue weighted by Gasteiger charge is 2.64. The number of aryl methyl sites for hydroxylation is 2. The number of aromatic hydroxyl groups is 1. The summed E-state index contributed by atoms with van der Waals surface area (Å²) < 4.78 is 0. The molecule has 0 bridgehead atoms. The summed E-state index contributed by atoms with van der Waals surface area (Å²) in [6.45, 7) is 3.94. The Balaban J connectivity index is 2.08. The Morgan fingerprint density at radius 1 is 1.06 bits per heavy atom. The van der Waals surface area contributed by atoms with Crippen LogP contribution in [0, 0.1) is 13.8 Å². The van der Waals surface area contributed by atoms with Crippen molar-refractivity contribution in [2.24, 2.45) is 5.73 Å². The van der Waals surface area contributed by atoms with Crippen LogP contribution in [0.15, 0.2) is 12.1 Å². The Labute approximate surface area is 96.5 Å². The van der Waals surface area contributed by atoms with Gasteiger partial charge in [0.05, 0.1) is 0 Å². The van der Waals surface area contributed by atoms with Crippen molar-refractivity contribution < 1.29 is 5.11 Å². The molecule has 2 aliphatic carbocycles. The third-order valence-corrected chi connectivity index (χ3v) is 4.54. The molecule has 0 atom stereocenters. The Bertz CT molecular complexity index is 433. The maximum absolute atomic E-state index is 9.80. The first-order chi connectivity index (χ1) is 7.48. The molecule has 0 aromatic heterocycles. The van der Waals surface area contributed by atoms with Crippen molar-refractivity contribution in [2.45, 2.75) is 50.5 Å². The van der Waals surface area contributed by atoms with Crippen LogP contribution >= 0.6 is 0 Å². The minimum Gasteiger partial charge on any atom is -0.507 e. The molecule has 16 heavy (non-hydrogen) atoms. The van der Waals surface area contributed by atoms with E-state index in [1.807, 2.05) is 13.8 Å². The van der Waals surface area contributed by atoms with E-state index in [1.165, 1.54) is 18.4 Å². The highest BCUT2D eigenvalue weighted by molar-refractivity contribution is 5.49. The van der Waals surface area contributed by atoms with Gasteiger partial charge in [0.15, 0.2) is 0 Å². The zero-order valence-corrected chi connectivity index (χ0v) is 10.0. The lowest BCUT2D eigenvalue weighted by Crippen LogP contribution is -2.37. The van der Waals surface area contributed by atoms with Gasteiger partial charge in [-0.25, -0.2) is 0 Å². The zero-order chi connectivity index (χ0) is 11.6. The Morgan fingerprint density at radius 3 is 1.94 bits per heavy atom. The van der Waals surface area contributed by atoms with E-state index in [9.17, 15) is 5.11 Å². The normalized spacial score (nSPS) is 24.2. The molecule has 2 saturated carbocycles. The summed E-state index contributed by atoms with van der Waals surface area (Å²) in [6.07, 6.45) is 4.75. The van der Waals surface area contributed by atoms with Crippen LogP contribution in [0.5, 0.6) is 5.75 Å². The van der Waals surface area contributed by atoms with Crippen LogP contribution in [0.4, 0.5) is 0 Å². The molecule has 0 unspecified atom stereocenters. The Morgan fingerprint density at radius 2 is 1.56 bits per heavy atom. The number of phenols is 1. The van der Waals surface area contributed by atoms with E-state index >= 15 is 0 Å². The summed E-state index contributed by atoms with van der Waals surface area (Å²) in [7, 11) is 0. The number of phenolic OH excluding ortho intramolecular Hbond substituents is 1. The molecule has 0 amide bonds. The number of nitrogens with two attached hydrogens (primary N) is 1. The fraction of sp³-hybridized carbons (Fsp3) is 0.571. The lowest BCUT2D eigenvalue weighted by molar-refractivity contribution is 0.463. The average molecular weight is 217 g/mol. The van der Waals surface area contributed by atoms with Crippen molar-refractivity contribution in [3.63, 3.8) is 0 Å². The maximum atomic E-state index is 9.80. The monoisotopic (exact) mass is 217 g/mol. The quantitative estimate of drug-likeness (QED) is 0.799. The molecule has 1 aromatic carbocycles. The van der Waals surface area contributed by atoms with Crippen LogP contribution < -0.4 is 5.73 Å². The second kappa shape index (κ2) is 2.80. The van der Waals surface area contributed by atoms with Crippen LogP contribution in [0.3, 0.4) is 0 Å². The van der Waals surface area contributed by atoms with Gasteiger partial charge in [-0.05, 0) is 56.2 Å². The molecule has 3 N–H and O–H groups in total. The second-order valence-corrected chi connectivity index (χ2v) is 5.70. The molecule has 2 fully saturated rings. The average Bonchev–Trinajstić information content (AvgIpc) is 3.08. The minimum atomic E-state index is 0.0584. The van der Waals surface area contributed by atoms with E-state index in [2.05, 4.69) is 12.1 Å². The molecule has 0 spiro atoms. The van der Waals surface area contributed by atoms with Crippen LogP contribution in [-0.2, 0) is 5.41 Å². The highest BCUT2D eigenvalue weighted by Crippen LogP contribution is 2.63.